The standard InChI is InChI=1S/C44H82N2O4/c1-5-7-9-11-13-15-17-19-21-23-25-27-29-31-33-35-38-48-42-43(41-45-44(47)50-40-37-46(3)4)49-39-36-34-32-30-28-26-24-22-20-18-16-14-12-10-8-6-2/h13-16,19-22,43H,5-12,17-18,23-42H2,1-4H3,(H,45,47)/b15-13-,16-14-,21-19-,22-20-. The lowest BCUT2D eigenvalue weighted by Gasteiger charge is -2.19. The molecule has 1 unspecified atom stereocenters. The Labute approximate surface area is 310 Å². The number of unbranched alkanes of at least 4 members (excludes halogenated alkanes) is 18. The van der Waals surface area contributed by atoms with Gasteiger partial charge in [-0.15, -0.1) is 0 Å². The summed E-state index contributed by atoms with van der Waals surface area (Å²) >= 11 is 0. The first-order valence-electron chi connectivity index (χ1n) is 20.9. The van der Waals surface area contributed by atoms with Crippen molar-refractivity contribution in [3.8, 4) is 0 Å². The second kappa shape index (κ2) is 41.5. The van der Waals surface area contributed by atoms with Gasteiger partial charge >= 0.3 is 6.09 Å². The van der Waals surface area contributed by atoms with Crippen LogP contribution < -0.4 is 5.32 Å². The minimum absolute atomic E-state index is 0.154. The SMILES string of the molecule is CCCCC/C=C\C/C=C\CCCCCCCCOCC(CNC(=O)OCCN(C)C)OCCCCCCCC/C=C\C/C=C\CCCCC. The van der Waals surface area contributed by atoms with Gasteiger partial charge in [0.15, 0.2) is 0 Å². The zero-order valence-corrected chi connectivity index (χ0v) is 33.5. The van der Waals surface area contributed by atoms with E-state index in [0.717, 1.165) is 32.3 Å². The highest BCUT2D eigenvalue weighted by molar-refractivity contribution is 5.67. The monoisotopic (exact) mass is 703 g/mol. The normalized spacial score (nSPS) is 12.8. The number of carbonyl (C=O) groups is 1. The Morgan fingerprint density at radius 1 is 0.560 bits per heavy atom. The van der Waals surface area contributed by atoms with Crippen LogP contribution in [-0.2, 0) is 14.2 Å². The van der Waals surface area contributed by atoms with E-state index in [1.165, 1.54) is 128 Å². The highest BCUT2D eigenvalue weighted by atomic mass is 16.6. The van der Waals surface area contributed by atoms with E-state index in [9.17, 15) is 4.79 Å². The van der Waals surface area contributed by atoms with E-state index in [1.54, 1.807) is 0 Å². The Bertz CT molecular complexity index is 808. The second-order valence-corrected chi connectivity index (χ2v) is 14.1. The number of alkyl carbamates (subject to hydrolysis) is 1. The molecule has 292 valence electrons. The smallest absolute Gasteiger partial charge is 0.407 e. The molecule has 0 rings (SSSR count). The molecule has 0 aromatic heterocycles. The van der Waals surface area contributed by atoms with Crippen molar-refractivity contribution in [2.45, 2.75) is 174 Å². The summed E-state index contributed by atoms with van der Waals surface area (Å²) in [6.45, 7) is 7.94. The van der Waals surface area contributed by atoms with Crippen molar-refractivity contribution in [2.75, 3.05) is 53.6 Å². The lowest BCUT2D eigenvalue weighted by Crippen LogP contribution is -2.37. The first kappa shape index (κ1) is 48.1. The van der Waals surface area contributed by atoms with Gasteiger partial charge in [-0.25, -0.2) is 4.79 Å². The summed E-state index contributed by atoms with van der Waals surface area (Å²) in [5, 5.41) is 2.87. The first-order chi connectivity index (χ1) is 24.6. The largest absolute Gasteiger partial charge is 0.448 e. The van der Waals surface area contributed by atoms with E-state index in [1.807, 2.05) is 19.0 Å². The van der Waals surface area contributed by atoms with Crippen LogP contribution in [0.2, 0.25) is 0 Å². The molecule has 0 spiro atoms. The third-order valence-electron chi connectivity index (χ3n) is 8.74. The van der Waals surface area contributed by atoms with Crippen LogP contribution >= 0.6 is 0 Å². The summed E-state index contributed by atoms with van der Waals surface area (Å²) < 4.78 is 17.4. The fourth-order valence-electron chi connectivity index (χ4n) is 5.48. The van der Waals surface area contributed by atoms with Crippen LogP contribution in [0.3, 0.4) is 0 Å². The van der Waals surface area contributed by atoms with Gasteiger partial charge in [-0.05, 0) is 91.1 Å². The Morgan fingerprint density at radius 2 is 1.00 bits per heavy atom. The average molecular weight is 703 g/mol. The van der Waals surface area contributed by atoms with Crippen molar-refractivity contribution >= 4 is 6.09 Å². The van der Waals surface area contributed by atoms with Gasteiger partial charge in [0.2, 0.25) is 0 Å². The Morgan fingerprint density at radius 3 is 1.48 bits per heavy atom. The Balaban J connectivity index is 4.00. The second-order valence-electron chi connectivity index (χ2n) is 14.1. The summed E-state index contributed by atoms with van der Waals surface area (Å²) in [4.78, 5) is 14.1. The van der Waals surface area contributed by atoms with E-state index in [-0.39, 0.29) is 12.2 Å². The van der Waals surface area contributed by atoms with Crippen LogP contribution in [0.1, 0.15) is 168 Å². The van der Waals surface area contributed by atoms with E-state index in [4.69, 9.17) is 14.2 Å². The number of hydrogen-bond donors (Lipinski definition) is 1. The van der Waals surface area contributed by atoms with E-state index < -0.39 is 0 Å². The predicted molar refractivity (Wildman–Crippen MR) is 217 cm³/mol. The summed E-state index contributed by atoms with van der Waals surface area (Å²) in [5.74, 6) is 0. The highest BCUT2D eigenvalue weighted by Gasteiger charge is 2.12. The molecule has 0 aliphatic carbocycles. The van der Waals surface area contributed by atoms with Gasteiger partial charge in [0.25, 0.3) is 0 Å². The van der Waals surface area contributed by atoms with Crippen molar-refractivity contribution in [1.82, 2.24) is 10.2 Å². The maximum atomic E-state index is 12.1. The van der Waals surface area contributed by atoms with Crippen molar-refractivity contribution in [1.29, 1.82) is 0 Å². The number of carbonyl (C=O) groups excluding carboxylic acids is 1. The third-order valence-corrected chi connectivity index (χ3v) is 8.74. The Kier molecular flexibility index (Phi) is 40.0. The molecule has 1 atom stereocenters. The number of rotatable bonds is 38. The molecule has 6 nitrogen and oxygen atoms in total. The topological polar surface area (TPSA) is 60.0 Å². The number of nitrogens with zero attached hydrogens (tertiary/aromatic N) is 1. The minimum atomic E-state index is -0.390. The molecule has 1 amide bonds. The predicted octanol–water partition coefficient (Wildman–Crippen LogP) is 12.3. The van der Waals surface area contributed by atoms with Gasteiger partial charge < -0.3 is 24.4 Å². The molecule has 50 heavy (non-hydrogen) atoms. The molecule has 0 bridgehead atoms. The van der Waals surface area contributed by atoms with Gasteiger partial charge in [-0.2, -0.15) is 0 Å². The maximum absolute atomic E-state index is 12.1. The highest BCUT2D eigenvalue weighted by Crippen LogP contribution is 2.10. The maximum Gasteiger partial charge on any atom is 0.407 e. The lowest BCUT2D eigenvalue weighted by molar-refractivity contribution is -0.0175. The molecule has 0 radical (unpaired) electrons. The molecular formula is C44H82N2O4. The zero-order valence-electron chi connectivity index (χ0n) is 33.5. The first-order valence-corrected chi connectivity index (χ1v) is 20.9. The minimum Gasteiger partial charge on any atom is -0.448 e. The van der Waals surface area contributed by atoms with Crippen LogP contribution in [0, 0.1) is 0 Å². The molecule has 1 N–H and O–H groups in total. The van der Waals surface area contributed by atoms with Crippen LogP contribution in [0.15, 0.2) is 48.6 Å². The van der Waals surface area contributed by atoms with Crippen LogP contribution in [-0.4, -0.2) is 70.7 Å². The van der Waals surface area contributed by atoms with Gasteiger partial charge in [0.05, 0.1) is 12.7 Å². The number of amides is 1. The molecule has 0 aromatic carbocycles. The Hall–Kier alpha value is -1.89. The summed E-state index contributed by atoms with van der Waals surface area (Å²) in [6, 6.07) is 0. The van der Waals surface area contributed by atoms with Gasteiger partial charge in [0.1, 0.15) is 6.61 Å². The molecule has 0 aliphatic rings. The number of nitrogens with one attached hydrogen (secondary N) is 1. The van der Waals surface area contributed by atoms with E-state index >= 15 is 0 Å². The molecule has 0 heterocycles. The summed E-state index contributed by atoms with van der Waals surface area (Å²) in [5.41, 5.74) is 0. The van der Waals surface area contributed by atoms with Gasteiger partial charge in [0, 0.05) is 26.3 Å². The van der Waals surface area contributed by atoms with Gasteiger partial charge in [-0.3, -0.25) is 0 Å². The third kappa shape index (κ3) is 40.5. The molecule has 0 aromatic rings. The molecule has 0 aliphatic heterocycles. The van der Waals surface area contributed by atoms with E-state index in [2.05, 4.69) is 67.8 Å². The summed E-state index contributed by atoms with van der Waals surface area (Å²) in [6.07, 6.45) is 47.7. The number of likely N-dealkylation sites (N-methyl/N-ethyl adjacent to an activating group) is 1. The molecule has 0 saturated carbocycles. The molecule has 6 heteroatoms. The summed E-state index contributed by atoms with van der Waals surface area (Å²) in [7, 11) is 3.93. The molecule has 0 fully saturated rings. The van der Waals surface area contributed by atoms with Crippen molar-refractivity contribution in [2.24, 2.45) is 0 Å². The lowest BCUT2D eigenvalue weighted by atomic mass is 10.1. The van der Waals surface area contributed by atoms with E-state index in [0.29, 0.717) is 32.9 Å². The molecule has 0 saturated heterocycles. The van der Waals surface area contributed by atoms with Crippen molar-refractivity contribution in [3.05, 3.63) is 48.6 Å². The van der Waals surface area contributed by atoms with Gasteiger partial charge in [-0.1, -0.05) is 140 Å². The quantitative estimate of drug-likeness (QED) is 0.0513. The van der Waals surface area contributed by atoms with Crippen LogP contribution in [0.5, 0.6) is 0 Å². The fourth-order valence-corrected chi connectivity index (χ4v) is 5.48. The number of ether oxygens (including phenoxy) is 3. The number of hydrogen-bond acceptors (Lipinski definition) is 5. The van der Waals surface area contributed by atoms with Crippen LogP contribution in [0.4, 0.5) is 4.79 Å². The zero-order chi connectivity index (χ0) is 36.4. The van der Waals surface area contributed by atoms with Crippen molar-refractivity contribution < 1.29 is 19.0 Å². The average Bonchev–Trinajstić information content (AvgIpc) is 3.10. The fraction of sp³-hybridized carbons (Fsp3) is 0.795. The molecular weight excluding hydrogens is 620 g/mol. The van der Waals surface area contributed by atoms with Crippen LogP contribution in [0.25, 0.3) is 0 Å². The van der Waals surface area contributed by atoms with Crippen molar-refractivity contribution in [3.63, 3.8) is 0 Å². The number of allylic oxidation sites excluding steroid dienone is 8.